The van der Waals surface area contributed by atoms with Crippen LogP contribution in [0.1, 0.15) is 17.8 Å². The average Bonchev–Trinajstić information content (AvgIpc) is 2.83. The molecule has 2 heterocycles. The normalized spacial score (nSPS) is 21.9. The number of piperazine rings is 1. The van der Waals surface area contributed by atoms with Crippen molar-refractivity contribution >= 4 is 11.3 Å². The van der Waals surface area contributed by atoms with E-state index in [9.17, 15) is 13.2 Å². The van der Waals surface area contributed by atoms with Gasteiger partial charge in [-0.2, -0.15) is 13.2 Å². The molecule has 1 saturated heterocycles. The number of rotatable bonds is 4. The zero-order valence-corrected chi connectivity index (χ0v) is 12.3. The van der Waals surface area contributed by atoms with Crippen LogP contribution in [0.25, 0.3) is 0 Å². The van der Waals surface area contributed by atoms with Crippen LogP contribution in [-0.4, -0.2) is 54.7 Å². The number of hydrogen-bond donors (Lipinski definition) is 1. The van der Waals surface area contributed by atoms with Crippen molar-refractivity contribution in [2.45, 2.75) is 25.2 Å². The highest BCUT2D eigenvalue weighted by Crippen LogP contribution is 2.28. The van der Waals surface area contributed by atoms with E-state index < -0.39 is 12.7 Å². The van der Waals surface area contributed by atoms with Gasteiger partial charge in [-0.1, -0.05) is 6.07 Å². The lowest BCUT2D eigenvalue weighted by Gasteiger charge is -2.40. The van der Waals surface area contributed by atoms with Crippen LogP contribution in [0.2, 0.25) is 0 Å². The van der Waals surface area contributed by atoms with Crippen molar-refractivity contribution in [2.24, 2.45) is 5.73 Å². The zero-order valence-electron chi connectivity index (χ0n) is 11.4. The molecule has 1 aromatic heterocycles. The first kappa shape index (κ1) is 15.8. The van der Waals surface area contributed by atoms with Gasteiger partial charge in [-0.05, 0) is 18.4 Å². The molecule has 1 fully saturated rings. The van der Waals surface area contributed by atoms with Gasteiger partial charge in [0, 0.05) is 37.1 Å². The molecule has 1 aliphatic heterocycles. The lowest BCUT2D eigenvalue weighted by atomic mass is 10.1. The first-order chi connectivity index (χ1) is 9.37. The zero-order chi connectivity index (χ0) is 14.8. The number of halogens is 3. The minimum atomic E-state index is -4.11. The minimum Gasteiger partial charge on any atom is -0.326 e. The third-order valence-corrected chi connectivity index (χ3v) is 4.48. The maximum atomic E-state index is 12.4. The second-order valence-electron chi connectivity index (χ2n) is 5.25. The van der Waals surface area contributed by atoms with Crippen LogP contribution in [0.15, 0.2) is 17.5 Å². The van der Waals surface area contributed by atoms with Crippen LogP contribution in [0.5, 0.6) is 0 Å². The van der Waals surface area contributed by atoms with E-state index in [0.29, 0.717) is 26.2 Å². The number of nitrogens with zero attached hydrogens (tertiary/aromatic N) is 2. The van der Waals surface area contributed by atoms with E-state index in [-0.39, 0.29) is 12.1 Å². The predicted octanol–water partition coefficient (Wildman–Crippen LogP) is 2.32. The van der Waals surface area contributed by atoms with Gasteiger partial charge in [0.15, 0.2) is 0 Å². The van der Waals surface area contributed by atoms with Crippen LogP contribution in [0.3, 0.4) is 0 Å². The van der Waals surface area contributed by atoms with Crippen molar-refractivity contribution in [3.8, 4) is 0 Å². The summed E-state index contributed by atoms with van der Waals surface area (Å²) in [4.78, 5) is 4.84. The Hall–Kier alpha value is -0.630. The molecular formula is C13H20F3N3S. The molecule has 1 aromatic rings. The van der Waals surface area contributed by atoms with Crippen LogP contribution in [0, 0.1) is 0 Å². The van der Waals surface area contributed by atoms with E-state index in [2.05, 4.69) is 4.90 Å². The number of hydrogen-bond acceptors (Lipinski definition) is 4. The average molecular weight is 307 g/mol. The van der Waals surface area contributed by atoms with E-state index in [1.54, 1.807) is 11.3 Å². The molecular weight excluding hydrogens is 287 g/mol. The summed E-state index contributed by atoms with van der Waals surface area (Å²) in [7, 11) is 0. The molecule has 114 valence electrons. The minimum absolute atomic E-state index is 0.0391. The van der Waals surface area contributed by atoms with Crippen LogP contribution < -0.4 is 5.73 Å². The molecule has 0 spiro atoms. The van der Waals surface area contributed by atoms with E-state index in [0.717, 1.165) is 0 Å². The second kappa shape index (κ2) is 6.43. The highest BCUT2D eigenvalue weighted by atomic mass is 32.1. The molecule has 0 radical (unpaired) electrons. The van der Waals surface area contributed by atoms with Crippen molar-refractivity contribution in [1.82, 2.24) is 9.80 Å². The molecule has 2 N–H and O–H groups in total. The molecule has 7 heteroatoms. The third kappa shape index (κ3) is 4.18. The van der Waals surface area contributed by atoms with Gasteiger partial charge in [-0.15, -0.1) is 11.3 Å². The monoisotopic (exact) mass is 307 g/mol. The summed E-state index contributed by atoms with van der Waals surface area (Å²) in [5.41, 5.74) is 6.07. The van der Waals surface area contributed by atoms with Crippen molar-refractivity contribution in [2.75, 3.05) is 32.7 Å². The van der Waals surface area contributed by atoms with Crippen molar-refractivity contribution in [1.29, 1.82) is 0 Å². The Morgan fingerprint density at radius 2 is 1.95 bits per heavy atom. The number of alkyl halides is 3. The quantitative estimate of drug-likeness (QED) is 0.926. The molecule has 0 amide bonds. The van der Waals surface area contributed by atoms with Crippen LogP contribution >= 0.6 is 11.3 Å². The Morgan fingerprint density at radius 1 is 1.30 bits per heavy atom. The van der Waals surface area contributed by atoms with Crippen LogP contribution in [-0.2, 0) is 0 Å². The Balaban J connectivity index is 1.95. The van der Waals surface area contributed by atoms with E-state index in [1.807, 2.05) is 24.4 Å². The van der Waals surface area contributed by atoms with Crippen LogP contribution in [0.4, 0.5) is 13.2 Å². The maximum Gasteiger partial charge on any atom is 0.401 e. The molecule has 0 aromatic carbocycles. The number of thiophene rings is 1. The molecule has 2 unspecified atom stereocenters. The van der Waals surface area contributed by atoms with Crippen molar-refractivity contribution in [3.05, 3.63) is 22.4 Å². The second-order valence-corrected chi connectivity index (χ2v) is 6.23. The Labute approximate surface area is 121 Å². The smallest absolute Gasteiger partial charge is 0.326 e. The van der Waals surface area contributed by atoms with Crippen molar-refractivity contribution < 1.29 is 13.2 Å². The fraction of sp³-hybridized carbons (Fsp3) is 0.692. The van der Waals surface area contributed by atoms with Gasteiger partial charge in [0.1, 0.15) is 0 Å². The lowest BCUT2D eigenvalue weighted by molar-refractivity contribution is -0.150. The first-order valence-corrected chi connectivity index (χ1v) is 7.57. The summed E-state index contributed by atoms with van der Waals surface area (Å²) < 4.78 is 37.1. The summed E-state index contributed by atoms with van der Waals surface area (Å²) in [5.74, 6) is 0. The van der Waals surface area contributed by atoms with Gasteiger partial charge in [0.05, 0.1) is 12.6 Å². The lowest BCUT2D eigenvalue weighted by Crippen LogP contribution is -2.52. The molecule has 2 atom stereocenters. The summed E-state index contributed by atoms with van der Waals surface area (Å²) in [6, 6.07) is 4.08. The summed E-state index contributed by atoms with van der Waals surface area (Å²) in [6.07, 6.45) is -4.11. The maximum absolute atomic E-state index is 12.4. The van der Waals surface area contributed by atoms with Gasteiger partial charge in [0.25, 0.3) is 0 Å². The van der Waals surface area contributed by atoms with Gasteiger partial charge in [-0.25, -0.2) is 0 Å². The molecule has 2 rings (SSSR count). The fourth-order valence-electron chi connectivity index (χ4n) is 2.68. The van der Waals surface area contributed by atoms with Crippen molar-refractivity contribution in [3.63, 3.8) is 0 Å². The highest BCUT2D eigenvalue weighted by molar-refractivity contribution is 7.10. The molecule has 0 bridgehead atoms. The number of nitrogens with two attached hydrogens (primary N) is 1. The van der Waals surface area contributed by atoms with E-state index in [4.69, 9.17) is 5.73 Å². The Bertz CT molecular complexity index is 397. The summed E-state index contributed by atoms with van der Waals surface area (Å²) >= 11 is 1.65. The molecule has 3 nitrogen and oxygen atoms in total. The van der Waals surface area contributed by atoms with Gasteiger partial charge in [0.2, 0.25) is 0 Å². The summed E-state index contributed by atoms with van der Waals surface area (Å²) in [5, 5.41) is 2.00. The predicted molar refractivity (Wildman–Crippen MR) is 74.8 cm³/mol. The molecule has 0 saturated carbocycles. The van der Waals surface area contributed by atoms with E-state index in [1.165, 1.54) is 9.78 Å². The standard InChI is InChI=1S/C13H20F3N3S/c1-10(17)12(11-3-2-8-20-11)19-6-4-18(5-7-19)9-13(14,15)16/h2-3,8,10,12H,4-7,9,17H2,1H3. The SMILES string of the molecule is CC(N)C(c1cccs1)N1CCN(CC(F)(F)F)CC1. The Morgan fingerprint density at radius 3 is 2.40 bits per heavy atom. The topological polar surface area (TPSA) is 32.5 Å². The fourth-order valence-corrected chi connectivity index (χ4v) is 3.66. The van der Waals surface area contributed by atoms with Gasteiger partial charge < -0.3 is 5.73 Å². The third-order valence-electron chi connectivity index (χ3n) is 3.54. The molecule has 20 heavy (non-hydrogen) atoms. The Kier molecular flexibility index (Phi) is 5.06. The largest absolute Gasteiger partial charge is 0.401 e. The molecule has 1 aliphatic rings. The van der Waals surface area contributed by atoms with Gasteiger partial charge in [-0.3, -0.25) is 9.80 Å². The highest BCUT2D eigenvalue weighted by Gasteiger charge is 2.34. The molecule has 0 aliphatic carbocycles. The summed E-state index contributed by atoms with van der Waals surface area (Å²) in [6.45, 7) is 3.26. The van der Waals surface area contributed by atoms with E-state index >= 15 is 0 Å². The first-order valence-electron chi connectivity index (χ1n) is 6.69. The van der Waals surface area contributed by atoms with Gasteiger partial charge >= 0.3 is 6.18 Å².